The van der Waals surface area contributed by atoms with Crippen LogP contribution >= 0.6 is 11.3 Å². The second kappa shape index (κ2) is 10.4. The van der Waals surface area contributed by atoms with Gasteiger partial charge in [-0.1, -0.05) is 24.3 Å². The van der Waals surface area contributed by atoms with Gasteiger partial charge in [-0.3, -0.25) is 4.79 Å². The summed E-state index contributed by atoms with van der Waals surface area (Å²) < 4.78 is 17.4. The van der Waals surface area contributed by atoms with Crippen LogP contribution in [0.5, 0.6) is 17.2 Å². The maximum atomic E-state index is 12.9. The van der Waals surface area contributed by atoms with Crippen molar-refractivity contribution in [3.8, 4) is 28.6 Å². The summed E-state index contributed by atoms with van der Waals surface area (Å²) in [6, 6.07) is 13.5. The van der Waals surface area contributed by atoms with E-state index < -0.39 is 0 Å². The smallest absolute Gasteiger partial charge is 0.260 e. The minimum absolute atomic E-state index is 0.0717. The molecule has 0 saturated heterocycles. The molecular formula is C28H28N2O4S. The number of aryl methyl sites for hydroxylation is 2. The lowest BCUT2D eigenvalue weighted by Gasteiger charge is -2.14. The van der Waals surface area contributed by atoms with Gasteiger partial charge in [0.2, 0.25) is 0 Å². The van der Waals surface area contributed by atoms with Gasteiger partial charge >= 0.3 is 0 Å². The molecule has 1 N–H and O–H groups in total. The molecule has 2 heterocycles. The molecule has 0 saturated carbocycles. The Morgan fingerprint density at radius 1 is 1.06 bits per heavy atom. The Hall–Kier alpha value is -3.58. The van der Waals surface area contributed by atoms with Crippen molar-refractivity contribution in [3.05, 3.63) is 81.5 Å². The van der Waals surface area contributed by atoms with Crippen molar-refractivity contribution in [2.75, 3.05) is 20.3 Å². The van der Waals surface area contributed by atoms with Crippen LogP contribution in [0.15, 0.2) is 59.9 Å². The second-order valence-electron chi connectivity index (χ2n) is 8.47. The average molecular weight is 489 g/mol. The van der Waals surface area contributed by atoms with Crippen LogP contribution in [0.3, 0.4) is 0 Å². The Morgan fingerprint density at radius 2 is 1.86 bits per heavy atom. The number of aromatic amines is 1. The van der Waals surface area contributed by atoms with Crippen molar-refractivity contribution in [1.82, 2.24) is 9.97 Å². The van der Waals surface area contributed by atoms with Crippen LogP contribution < -0.4 is 19.8 Å². The van der Waals surface area contributed by atoms with Gasteiger partial charge in [-0.05, 0) is 67.5 Å². The predicted octanol–water partition coefficient (Wildman–Crippen LogP) is 5.73. The van der Waals surface area contributed by atoms with Crippen LogP contribution in [0.1, 0.15) is 28.8 Å². The van der Waals surface area contributed by atoms with E-state index in [1.807, 2.05) is 48.5 Å². The molecule has 0 spiro atoms. The van der Waals surface area contributed by atoms with Gasteiger partial charge in [0.1, 0.15) is 29.6 Å². The van der Waals surface area contributed by atoms with Crippen LogP contribution in [0.25, 0.3) is 21.6 Å². The third-order valence-electron chi connectivity index (χ3n) is 6.20. The Balaban J connectivity index is 1.31. The summed E-state index contributed by atoms with van der Waals surface area (Å²) in [6.45, 7) is 4.56. The van der Waals surface area contributed by atoms with Gasteiger partial charge in [-0.15, -0.1) is 17.9 Å². The number of allylic oxidation sites excluding steroid dienone is 1. The largest absolute Gasteiger partial charge is 0.493 e. The van der Waals surface area contributed by atoms with Gasteiger partial charge in [-0.25, -0.2) is 4.98 Å². The summed E-state index contributed by atoms with van der Waals surface area (Å²) in [5.74, 6) is 2.55. The Morgan fingerprint density at radius 3 is 2.69 bits per heavy atom. The van der Waals surface area contributed by atoms with E-state index >= 15 is 0 Å². The summed E-state index contributed by atoms with van der Waals surface area (Å²) in [5.41, 5.74) is 2.98. The van der Waals surface area contributed by atoms with E-state index in [1.54, 1.807) is 18.4 Å². The van der Waals surface area contributed by atoms with Crippen molar-refractivity contribution in [2.45, 2.75) is 32.1 Å². The maximum Gasteiger partial charge on any atom is 0.260 e. The van der Waals surface area contributed by atoms with Gasteiger partial charge < -0.3 is 19.2 Å². The Labute approximate surface area is 208 Å². The second-order valence-corrected chi connectivity index (χ2v) is 9.55. The number of benzene rings is 2. The number of rotatable bonds is 9. The molecule has 1 aliphatic carbocycles. The number of ether oxygens (including phenoxy) is 3. The molecule has 0 atom stereocenters. The van der Waals surface area contributed by atoms with E-state index in [0.29, 0.717) is 30.5 Å². The van der Waals surface area contributed by atoms with Gasteiger partial charge in [0.25, 0.3) is 5.56 Å². The van der Waals surface area contributed by atoms with Crippen LogP contribution in [0, 0.1) is 0 Å². The molecule has 7 heteroatoms. The van der Waals surface area contributed by atoms with Crippen LogP contribution in [-0.4, -0.2) is 30.3 Å². The molecule has 0 radical (unpaired) electrons. The summed E-state index contributed by atoms with van der Waals surface area (Å²) >= 11 is 1.65. The van der Waals surface area contributed by atoms with Gasteiger partial charge in [0.15, 0.2) is 11.5 Å². The van der Waals surface area contributed by atoms with E-state index in [4.69, 9.17) is 19.2 Å². The number of H-pyrrole nitrogens is 1. The molecule has 0 bridgehead atoms. The molecule has 2 aromatic carbocycles. The zero-order chi connectivity index (χ0) is 24.2. The summed E-state index contributed by atoms with van der Waals surface area (Å²) in [6.07, 6.45) is 6.91. The van der Waals surface area contributed by atoms with Crippen molar-refractivity contribution in [1.29, 1.82) is 0 Å². The fourth-order valence-corrected chi connectivity index (χ4v) is 5.77. The molecule has 1 aliphatic rings. The number of thiophene rings is 1. The molecule has 2 aromatic heterocycles. The van der Waals surface area contributed by atoms with E-state index in [-0.39, 0.29) is 5.56 Å². The van der Waals surface area contributed by atoms with Crippen molar-refractivity contribution < 1.29 is 14.2 Å². The molecule has 6 nitrogen and oxygen atoms in total. The highest BCUT2D eigenvalue weighted by atomic mass is 32.1. The Bertz CT molecular complexity index is 1420. The lowest BCUT2D eigenvalue weighted by Crippen LogP contribution is -2.11. The first-order valence-electron chi connectivity index (χ1n) is 11.9. The monoisotopic (exact) mass is 488 g/mol. The fourth-order valence-electron chi connectivity index (χ4n) is 4.51. The van der Waals surface area contributed by atoms with Gasteiger partial charge in [0.05, 0.1) is 12.5 Å². The van der Waals surface area contributed by atoms with E-state index in [9.17, 15) is 4.79 Å². The first kappa shape index (κ1) is 23.2. The molecule has 4 aromatic rings. The first-order valence-corrected chi connectivity index (χ1v) is 12.7. The SMILES string of the molecule is C=CCc1ccccc1OCCOc1ccc(-c2nc3sc4c(c3c(=O)[nH]2)CCCC4)cc1OC. The number of fused-ring (bicyclic) bond motifs is 3. The Kier molecular flexibility index (Phi) is 6.86. The average Bonchev–Trinajstić information content (AvgIpc) is 3.26. The number of para-hydroxylation sites is 1. The maximum absolute atomic E-state index is 12.9. The zero-order valence-corrected chi connectivity index (χ0v) is 20.6. The first-order chi connectivity index (χ1) is 17.2. The van der Waals surface area contributed by atoms with Crippen molar-refractivity contribution in [2.24, 2.45) is 0 Å². The van der Waals surface area contributed by atoms with Gasteiger partial charge in [-0.2, -0.15) is 0 Å². The molecular weight excluding hydrogens is 460 g/mol. The lowest BCUT2D eigenvalue weighted by atomic mass is 9.97. The third kappa shape index (κ3) is 4.82. The number of nitrogens with zero attached hydrogens (tertiary/aromatic N) is 1. The molecule has 0 amide bonds. The number of methoxy groups -OCH3 is 1. The number of aromatic nitrogens is 2. The molecule has 35 heavy (non-hydrogen) atoms. The topological polar surface area (TPSA) is 73.4 Å². The zero-order valence-electron chi connectivity index (χ0n) is 19.8. The lowest BCUT2D eigenvalue weighted by molar-refractivity contribution is 0.210. The van der Waals surface area contributed by atoms with Crippen molar-refractivity contribution in [3.63, 3.8) is 0 Å². The van der Waals surface area contributed by atoms with E-state index in [2.05, 4.69) is 11.6 Å². The summed E-state index contributed by atoms with van der Waals surface area (Å²) in [7, 11) is 1.60. The fraction of sp³-hybridized carbons (Fsp3) is 0.286. The highest BCUT2D eigenvalue weighted by Gasteiger charge is 2.20. The molecule has 5 rings (SSSR count). The van der Waals surface area contributed by atoms with Crippen LogP contribution in [-0.2, 0) is 19.3 Å². The molecule has 0 aliphatic heterocycles. The highest BCUT2D eigenvalue weighted by Crippen LogP contribution is 2.35. The standard InChI is InChI=1S/C28H28N2O4S/c1-3-8-18-9-4-6-11-21(18)33-15-16-34-22-14-13-19(17-23(22)32-2)26-29-27(31)25-20-10-5-7-12-24(20)35-28(25)30-26/h3-4,6,9,11,13-14,17H,1,5,7-8,10,12,15-16H2,2H3,(H,29,30,31). The normalized spacial score (nSPS) is 12.8. The summed E-state index contributed by atoms with van der Waals surface area (Å²) in [5, 5.41) is 0.759. The van der Waals surface area contributed by atoms with Crippen LogP contribution in [0.4, 0.5) is 0 Å². The number of hydrogen-bond acceptors (Lipinski definition) is 6. The number of nitrogens with one attached hydrogen (secondary N) is 1. The molecule has 0 fully saturated rings. The quantitative estimate of drug-likeness (QED) is 0.241. The minimum Gasteiger partial charge on any atom is -0.493 e. The molecule has 0 unspecified atom stereocenters. The minimum atomic E-state index is -0.0717. The number of hydrogen-bond donors (Lipinski definition) is 1. The van der Waals surface area contributed by atoms with Crippen molar-refractivity contribution >= 4 is 21.6 Å². The van der Waals surface area contributed by atoms with E-state index in [1.165, 1.54) is 16.9 Å². The summed E-state index contributed by atoms with van der Waals surface area (Å²) in [4.78, 5) is 22.8. The third-order valence-corrected chi connectivity index (χ3v) is 7.38. The molecule has 180 valence electrons. The van der Waals surface area contributed by atoms with Gasteiger partial charge in [0, 0.05) is 10.4 Å². The van der Waals surface area contributed by atoms with Crippen LogP contribution in [0.2, 0.25) is 0 Å². The van der Waals surface area contributed by atoms with E-state index in [0.717, 1.165) is 52.8 Å². The predicted molar refractivity (Wildman–Crippen MR) is 140 cm³/mol. The highest BCUT2D eigenvalue weighted by molar-refractivity contribution is 7.18.